The van der Waals surface area contributed by atoms with E-state index >= 15 is 0 Å². The zero-order valence-corrected chi connectivity index (χ0v) is 13.8. The molecule has 1 N–H and O–H groups in total. The molecule has 2 unspecified atom stereocenters. The molecular weight excluding hydrogens is 292 g/mol. The standard InChI is InChI=1S/C14H22N2O2S2/c1-11(15-2)12-5-4-6-14(9-12)20(17,18)16(3)13-7-8-19-10-13/h4-6,9,11,13,15H,7-8,10H2,1-3H3. The van der Waals surface area contributed by atoms with Gasteiger partial charge in [-0.3, -0.25) is 0 Å². The highest BCUT2D eigenvalue weighted by Gasteiger charge is 2.30. The second-order valence-corrected chi connectivity index (χ2v) is 8.27. The lowest BCUT2D eigenvalue weighted by Gasteiger charge is -2.23. The van der Waals surface area contributed by atoms with E-state index in [-0.39, 0.29) is 12.1 Å². The van der Waals surface area contributed by atoms with Gasteiger partial charge in [-0.05, 0) is 43.8 Å². The average Bonchev–Trinajstić information content (AvgIpc) is 2.99. The second kappa shape index (κ2) is 6.47. The van der Waals surface area contributed by atoms with Crippen LogP contribution in [0.25, 0.3) is 0 Å². The van der Waals surface area contributed by atoms with Gasteiger partial charge < -0.3 is 5.32 Å². The Morgan fingerprint density at radius 2 is 2.20 bits per heavy atom. The van der Waals surface area contributed by atoms with Crippen molar-refractivity contribution in [3.8, 4) is 0 Å². The van der Waals surface area contributed by atoms with E-state index in [9.17, 15) is 8.42 Å². The third-order valence-electron chi connectivity index (χ3n) is 3.89. The fourth-order valence-corrected chi connectivity index (χ4v) is 5.09. The summed E-state index contributed by atoms with van der Waals surface area (Å²) in [6.07, 6.45) is 0.938. The highest BCUT2D eigenvalue weighted by molar-refractivity contribution is 7.99. The topological polar surface area (TPSA) is 49.4 Å². The second-order valence-electron chi connectivity index (χ2n) is 5.12. The molecule has 1 aromatic carbocycles. The maximum absolute atomic E-state index is 12.7. The Morgan fingerprint density at radius 3 is 2.80 bits per heavy atom. The van der Waals surface area contributed by atoms with Gasteiger partial charge >= 0.3 is 0 Å². The lowest BCUT2D eigenvalue weighted by atomic mass is 10.1. The Balaban J connectivity index is 2.29. The quantitative estimate of drug-likeness (QED) is 0.904. The maximum Gasteiger partial charge on any atom is 0.243 e. The van der Waals surface area contributed by atoms with Gasteiger partial charge in [0.05, 0.1) is 4.90 Å². The SMILES string of the molecule is CNC(C)c1cccc(S(=O)(=O)N(C)C2CCSC2)c1. The van der Waals surface area contributed by atoms with Crippen LogP contribution in [0.2, 0.25) is 0 Å². The van der Waals surface area contributed by atoms with Crippen LogP contribution in [0.5, 0.6) is 0 Å². The van der Waals surface area contributed by atoms with Crippen LogP contribution in [0.4, 0.5) is 0 Å². The summed E-state index contributed by atoms with van der Waals surface area (Å²) in [6, 6.07) is 7.47. The summed E-state index contributed by atoms with van der Waals surface area (Å²) in [4.78, 5) is 0.386. The number of thioether (sulfide) groups is 1. The minimum atomic E-state index is -3.39. The van der Waals surface area contributed by atoms with Crippen LogP contribution < -0.4 is 5.32 Å². The molecule has 0 spiro atoms. The maximum atomic E-state index is 12.7. The Hall–Kier alpha value is -0.560. The van der Waals surface area contributed by atoms with Crippen molar-refractivity contribution in [1.82, 2.24) is 9.62 Å². The van der Waals surface area contributed by atoms with Crippen LogP contribution in [0.15, 0.2) is 29.2 Å². The first-order valence-electron chi connectivity index (χ1n) is 6.80. The molecule has 1 aliphatic heterocycles. The van der Waals surface area contributed by atoms with Gasteiger partial charge in [0.15, 0.2) is 0 Å². The molecule has 1 fully saturated rings. The zero-order chi connectivity index (χ0) is 14.8. The number of hydrogen-bond acceptors (Lipinski definition) is 4. The van der Waals surface area contributed by atoms with Crippen LogP contribution in [-0.4, -0.2) is 44.4 Å². The van der Waals surface area contributed by atoms with Gasteiger partial charge in [-0.1, -0.05) is 12.1 Å². The smallest absolute Gasteiger partial charge is 0.243 e. The molecule has 1 aromatic rings. The van der Waals surface area contributed by atoms with E-state index < -0.39 is 10.0 Å². The minimum absolute atomic E-state index is 0.121. The minimum Gasteiger partial charge on any atom is -0.313 e. The highest BCUT2D eigenvalue weighted by Crippen LogP contribution is 2.27. The molecule has 112 valence electrons. The molecule has 0 saturated carbocycles. The van der Waals surface area contributed by atoms with E-state index in [1.165, 1.54) is 4.31 Å². The first-order valence-corrected chi connectivity index (χ1v) is 9.39. The molecule has 0 aliphatic carbocycles. The molecule has 0 aromatic heterocycles. The van der Waals surface area contributed by atoms with Crippen molar-refractivity contribution in [3.05, 3.63) is 29.8 Å². The number of nitrogens with zero attached hydrogens (tertiary/aromatic N) is 1. The van der Waals surface area contributed by atoms with Crippen molar-refractivity contribution in [2.45, 2.75) is 30.3 Å². The van der Waals surface area contributed by atoms with Gasteiger partial charge in [-0.25, -0.2) is 8.42 Å². The van der Waals surface area contributed by atoms with E-state index in [0.29, 0.717) is 4.90 Å². The van der Waals surface area contributed by atoms with Crippen molar-refractivity contribution < 1.29 is 8.42 Å². The van der Waals surface area contributed by atoms with Gasteiger partial charge in [0.25, 0.3) is 0 Å². The predicted molar refractivity (Wildman–Crippen MR) is 84.6 cm³/mol. The van der Waals surface area contributed by atoms with Crippen molar-refractivity contribution in [2.75, 3.05) is 25.6 Å². The summed E-state index contributed by atoms with van der Waals surface area (Å²) in [7, 11) is 0.169. The van der Waals surface area contributed by atoms with Gasteiger partial charge in [0, 0.05) is 24.9 Å². The fourth-order valence-electron chi connectivity index (χ4n) is 2.28. The van der Waals surface area contributed by atoms with Crippen molar-refractivity contribution in [1.29, 1.82) is 0 Å². The zero-order valence-electron chi connectivity index (χ0n) is 12.2. The van der Waals surface area contributed by atoms with Crippen LogP contribution in [-0.2, 0) is 10.0 Å². The molecule has 2 rings (SSSR count). The monoisotopic (exact) mass is 314 g/mol. The number of benzene rings is 1. The average molecular weight is 314 g/mol. The number of hydrogen-bond donors (Lipinski definition) is 1. The van der Waals surface area contributed by atoms with Gasteiger partial charge in [0.2, 0.25) is 10.0 Å². The van der Waals surface area contributed by atoms with Crippen LogP contribution in [0.3, 0.4) is 0 Å². The molecule has 0 radical (unpaired) electrons. The van der Waals surface area contributed by atoms with Crippen molar-refractivity contribution in [2.24, 2.45) is 0 Å². The van der Waals surface area contributed by atoms with Gasteiger partial charge in [-0.15, -0.1) is 0 Å². The summed E-state index contributed by atoms with van der Waals surface area (Å²) in [5.74, 6) is 1.93. The largest absolute Gasteiger partial charge is 0.313 e. The lowest BCUT2D eigenvalue weighted by molar-refractivity contribution is 0.394. The highest BCUT2D eigenvalue weighted by atomic mass is 32.2. The molecular formula is C14H22N2O2S2. The Labute approximate surface area is 126 Å². The van der Waals surface area contributed by atoms with Crippen LogP contribution in [0.1, 0.15) is 24.9 Å². The predicted octanol–water partition coefficient (Wildman–Crippen LogP) is 2.09. The lowest BCUT2D eigenvalue weighted by Crippen LogP contribution is -2.37. The number of rotatable bonds is 5. The summed E-state index contributed by atoms with van der Waals surface area (Å²) in [6.45, 7) is 2.02. The molecule has 1 aliphatic rings. The number of sulfonamides is 1. The van der Waals surface area contributed by atoms with E-state index in [0.717, 1.165) is 23.5 Å². The van der Waals surface area contributed by atoms with E-state index in [1.807, 2.05) is 37.9 Å². The third-order valence-corrected chi connectivity index (χ3v) is 6.94. The normalized spacial score (nSPS) is 21.3. The fraction of sp³-hybridized carbons (Fsp3) is 0.571. The van der Waals surface area contributed by atoms with Gasteiger partial charge in [-0.2, -0.15) is 16.1 Å². The molecule has 0 amide bonds. The Kier molecular flexibility index (Phi) is 5.12. The van der Waals surface area contributed by atoms with E-state index in [4.69, 9.17) is 0 Å². The third kappa shape index (κ3) is 3.19. The Bertz CT molecular complexity index is 554. The van der Waals surface area contributed by atoms with Crippen molar-refractivity contribution in [3.63, 3.8) is 0 Å². The summed E-state index contributed by atoms with van der Waals surface area (Å²) >= 11 is 1.82. The van der Waals surface area contributed by atoms with E-state index in [1.54, 1.807) is 19.2 Å². The van der Waals surface area contributed by atoms with Crippen LogP contribution >= 0.6 is 11.8 Å². The summed E-state index contributed by atoms with van der Waals surface area (Å²) in [5, 5.41) is 3.13. The van der Waals surface area contributed by atoms with E-state index in [2.05, 4.69) is 5.32 Å². The molecule has 1 heterocycles. The molecule has 0 bridgehead atoms. The molecule has 1 saturated heterocycles. The van der Waals surface area contributed by atoms with Crippen molar-refractivity contribution >= 4 is 21.8 Å². The van der Waals surface area contributed by atoms with Gasteiger partial charge in [0.1, 0.15) is 0 Å². The first kappa shape index (κ1) is 15.8. The number of nitrogens with one attached hydrogen (secondary N) is 1. The van der Waals surface area contributed by atoms with Crippen LogP contribution in [0, 0.1) is 0 Å². The summed E-state index contributed by atoms with van der Waals surface area (Å²) in [5.41, 5.74) is 0.989. The first-order chi connectivity index (χ1) is 9.46. The summed E-state index contributed by atoms with van der Waals surface area (Å²) < 4.78 is 26.9. The molecule has 2 atom stereocenters. The molecule has 6 heteroatoms. The Morgan fingerprint density at radius 1 is 1.45 bits per heavy atom. The molecule has 20 heavy (non-hydrogen) atoms. The molecule has 4 nitrogen and oxygen atoms in total.